The molecule has 0 saturated carbocycles. The highest BCUT2D eigenvalue weighted by molar-refractivity contribution is 5.89. The fourth-order valence-corrected chi connectivity index (χ4v) is 2.81. The van der Waals surface area contributed by atoms with Gasteiger partial charge in [-0.3, -0.25) is 0 Å². The van der Waals surface area contributed by atoms with Gasteiger partial charge in [-0.15, -0.1) is 0 Å². The Morgan fingerprint density at radius 1 is 1.19 bits per heavy atom. The van der Waals surface area contributed by atoms with Crippen LogP contribution in [0.3, 0.4) is 0 Å². The molecule has 0 radical (unpaired) electrons. The zero-order valence-corrected chi connectivity index (χ0v) is 11.6. The van der Waals surface area contributed by atoms with Crippen LogP contribution in [0.1, 0.15) is 18.5 Å². The minimum Gasteiger partial charge on any atom is -0.370 e. The van der Waals surface area contributed by atoms with E-state index in [0.29, 0.717) is 11.5 Å². The molecule has 1 fully saturated rings. The first-order valence-electron chi connectivity index (χ1n) is 7.13. The van der Waals surface area contributed by atoms with Gasteiger partial charge in [0, 0.05) is 25.5 Å². The fraction of sp³-hybridized carbons (Fsp3) is 0.267. The summed E-state index contributed by atoms with van der Waals surface area (Å²) in [5, 5.41) is 0. The summed E-state index contributed by atoms with van der Waals surface area (Å²) in [5.41, 5.74) is 3.68. The molecule has 2 N–H and O–H groups in total. The molecule has 21 heavy (non-hydrogen) atoms. The highest BCUT2D eigenvalue weighted by Crippen LogP contribution is 2.29. The van der Waals surface area contributed by atoms with E-state index in [1.165, 1.54) is 12.8 Å². The molecule has 1 saturated heterocycles. The van der Waals surface area contributed by atoms with Crippen LogP contribution in [0.5, 0.6) is 0 Å². The molecule has 106 valence electrons. The molecular formula is C15H16N6. The lowest BCUT2D eigenvalue weighted by Gasteiger charge is -2.18. The van der Waals surface area contributed by atoms with Gasteiger partial charge in [-0.25, -0.2) is 15.0 Å². The second-order valence-electron chi connectivity index (χ2n) is 5.19. The van der Waals surface area contributed by atoms with Gasteiger partial charge >= 0.3 is 0 Å². The maximum Gasteiger partial charge on any atom is 0.180 e. The Balaban J connectivity index is 1.91. The standard InChI is InChI=1S/C15H16N6/c1-2-10-9-11(21-7-3-4-8-21)12-13(18-10)20-15(19-12)14-16-5-6-17-14/h2,5-6,9H,1,3-4,7-8H2,(H,16,17)(H,18,19,20). The quantitative estimate of drug-likeness (QED) is 0.773. The van der Waals surface area contributed by atoms with E-state index in [0.717, 1.165) is 35.8 Å². The Labute approximate surface area is 122 Å². The Hall–Kier alpha value is -2.63. The Kier molecular flexibility index (Phi) is 2.73. The molecule has 0 atom stereocenters. The molecule has 1 aliphatic rings. The summed E-state index contributed by atoms with van der Waals surface area (Å²) in [6, 6.07) is 2.07. The molecule has 0 spiro atoms. The van der Waals surface area contributed by atoms with Crippen molar-refractivity contribution in [2.45, 2.75) is 12.8 Å². The van der Waals surface area contributed by atoms with Crippen molar-refractivity contribution in [3.05, 3.63) is 30.7 Å². The van der Waals surface area contributed by atoms with Crippen LogP contribution in [0.15, 0.2) is 25.0 Å². The predicted octanol–water partition coefficient (Wildman–Crippen LogP) is 2.59. The third-order valence-corrected chi connectivity index (χ3v) is 3.84. The van der Waals surface area contributed by atoms with Gasteiger partial charge in [0.25, 0.3) is 0 Å². The zero-order valence-electron chi connectivity index (χ0n) is 11.6. The summed E-state index contributed by atoms with van der Waals surface area (Å²) in [6.07, 6.45) is 7.72. The van der Waals surface area contributed by atoms with Crippen LogP contribution in [-0.2, 0) is 0 Å². The monoisotopic (exact) mass is 280 g/mol. The van der Waals surface area contributed by atoms with Gasteiger partial charge in [-0.1, -0.05) is 6.58 Å². The lowest BCUT2D eigenvalue weighted by molar-refractivity contribution is 0.949. The average molecular weight is 280 g/mol. The normalized spacial score (nSPS) is 15.0. The van der Waals surface area contributed by atoms with Gasteiger partial charge in [-0.2, -0.15) is 0 Å². The molecule has 0 bridgehead atoms. The van der Waals surface area contributed by atoms with E-state index in [1.807, 2.05) is 0 Å². The summed E-state index contributed by atoms with van der Waals surface area (Å²) >= 11 is 0. The maximum absolute atomic E-state index is 4.56. The maximum atomic E-state index is 4.56. The smallest absolute Gasteiger partial charge is 0.180 e. The highest BCUT2D eigenvalue weighted by atomic mass is 15.2. The Morgan fingerprint density at radius 2 is 2.05 bits per heavy atom. The third kappa shape index (κ3) is 1.99. The minimum absolute atomic E-state index is 0.709. The summed E-state index contributed by atoms with van der Waals surface area (Å²) < 4.78 is 0. The zero-order chi connectivity index (χ0) is 14.2. The van der Waals surface area contributed by atoms with E-state index in [-0.39, 0.29) is 0 Å². The average Bonchev–Trinajstić information content (AvgIpc) is 3.24. The first kappa shape index (κ1) is 12.1. The van der Waals surface area contributed by atoms with Crippen LogP contribution in [0.25, 0.3) is 28.9 Å². The summed E-state index contributed by atoms with van der Waals surface area (Å²) in [4.78, 5) is 22.1. The molecule has 0 amide bonds. The van der Waals surface area contributed by atoms with Gasteiger partial charge in [0.05, 0.1) is 11.4 Å². The van der Waals surface area contributed by atoms with Crippen molar-refractivity contribution in [1.82, 2.24) is 24.9 Å². The number of H-pyrrole nitrogens is 2. The predicted molar refractivity (Wildman–Crippen MR) is 83.0 cm³/mol. The van der Waals surface area contributed by atoms with E-state index in [1.54, 1.807) is 18.5 Å². The number of imidazole rings is 2. The van der Waals surface area contributed by atoms with Crippen molar-refractivity contribution >= 4 is 22.9 Å². The van der Waals surface area contributed by atoms with Crippen LogP contribution in [0.2, 0.25) is 0 Å². The number of pyridine rings is 1. The van der Waals surface area contributed by atoms with Crippen LogP contribution >= 0.6 is 0 Å². The molecule has 0 aliphatic carbocycles. The molecule has 1 aliphatic heterocycles. The topological polar surface area (TPSA) is 73.5 Å². The number of nitrogens with zero attached hydrogens (tertiary/aromatic N) is 4. The SMILES string of the molecule is C=Cc1cc(N2CCCC2)c2[nH]c(-c3ncc[nH]3)nc2n1. The van der Waals surface area contributed by atoms with E-state index in [2.05, 4.69) is 42.5 Å². The van der Waals surface area contributed by atoms with Gasteiger partial charge in [0.15, 0.2) is 17.3 Å². The number of hydrogen-bond acceptors (Lipinski definition) is 4. The number of rotatable bonds is 3. The second-order valence-corrected chi connectivity index (χ2v) is 5.19. The van der Waals surface area contributed by atoms with E-state index in [4.69, 9.17) is 0 Å². The van der Waals surface area contributed by atoms with E-state index >= 15 is 0 Å². The van der Waals surface area contributed by atoms with E-state index in [9.17, 15) is 0 Å². The minimum atomic E-state index is 0.709. The molecule has 0 aromatic carbocycles. The number of hydrogen-bond donors (Lipinski definition) is 2. The van der Waals surface area contributed by atoms with Crippen LogP contribution in [-0.4, -0.2) is 38.0 Å². The summed E-state index contributed by atoms with van der Waals surface area (Å²) in [6.45, 7) is 5.97. The highest BCUT2D eigenvalue weighted by Gasteiger charge is 2.19. The lowest BCUT2D eigenvalue weighted by Crippen LogP contribution is -2.18. The molecule has 4 rings (SSSR count). The van der Waals surface area contributed by atoms with Crippen LogP contribution in [0.4, 0.5) is 5.69 Å². The van der Waals surface area contributed by atoms with Gasteiger partial charge in [0.2, 0.25) is 0 Å². The van der Waals surface area contributed by atoms with Gasteiger partial charge in [0.1, 0.15) is 5.52 Å². The first-order chi connectivity index (χ1) is 10.3. The molecule has 4 heterocycles. The van der Waals surface area contributed by atoms with Crippen molar-refractivity contribution < 1.29 is 0 Å². The Bertz CT molecular complexity index is 780. The number of nitrogens with one attached hydrogen (secondary N) is 2. The van der Waals surface area contributed by atoms with Crippen molar-refractivity contribution in [2.24, 2.45) is 0 Å². The largest absolute Gasteiger partial charge is 0.370 e. The molecule has 3 aromatic heterocycles. The molecule has 0 unspecified atom stereocenters. The molecule has 6 nitrogen and oxygen atoms in total. The molecule has 3 aromatic rings. The van der Waals surface area contributed by atoms with E-state index < -0.39 is 0 Å². The van der Waals surface area contributed by atoms with Crippen molar-refractivity contribution in [2.75, 3.05) is 18.0 Å². The van der Waals surface area contributed by atoms with Crippen LogP contribution in [0, 0.1) is 0 Å². The number of anilines is 1. The fourth-order valence-electron chi connectivity index (χ4n) is 2.81. The lowest BCUT2D eigenvalue weighted by atomic mass is 10.2. The first-order valence-corrected chi connectivity index (χ1v) is 7.13. The summed E-state index contributed by atoms with van der Waals surface area (Å²) in [5.74, 6) is 1.43. The second kappa shape index (κ2) is 4.73. The molecule has 6 heteroatoms. The molecular weight excluding hydrogens is 264 g/mol. The van der Waals surface area contributed by atoms with Crippen LogP contribution < -0.4 is 4.90 Å². The van der Waals surface area contributed by atoms with Gasteiger partial charge in [-0.05, 0) is 25.0 Å². The Morgan fingerprint density at radius 3 is 2.76 bits per heavy atom. The number of fused-ring (bicyclic) bond motifs is 1. The van der Waals surface area contributed by atoms with Crippen molar-refractivity contribution in [1.29, 1.82) is 0 Å². The number of aromatic nitrogens is 5. The van der Waals surface area contributed by atoms with Crippen molar-refractivity contribution in [3.8, 4) is 11.6 Å². The van der Waals surface area contributed by atoms with Crippen molar-refractivity contribution in [3.63, 3.8) is 0 Å². The van der Waals surface area contributed by atoms with Gasteiger partial charge < -0.3 is 14.9 Å². The third-order valence-electron chi connectivity index (χ3n) is 3.84. The summed E-state index contributed by atoms with van der Waals surface area (Å²) in [7, 11) is 0. The number of aromatic amines is 2.